The normalized spacial score (nSPS) is 11.7. The Bertz CT molecular complexity index is 1220. The van der Waals surface area contributed by atoms with Crippen molar-refractivity contribution in [1.82, 2.24) is 14.5 Å². The number of rotatable bonds is 3. The molecule has 1 aromatic carbocycles. The maximum atomic E-state index is 13.0. The van der Waals surface area contributed by atoms with Crippen LogP contribution in [0.15, 0.2) is 57.3 Å². The SMILES string of the molecule is CC(C)(C)c1cc(NC(=O)c2cnc3scc(-c4ccccc4)n3c2=O)no1. The highest BCUT2D eigenvalue weighted by molar-refractivity contribution is 7.15. The summed E-state index contributed by atoms with van der Waals surface area (Å²) in [6.45, 7) is 5.93. The first-order valence-electron chi connectivity index (χ1n) is 8.68. The van der Waals surface area contributed by atoms with Crippen LogP contribution >= 0.6 is 11.3 Å². The molecule has 0 atom stereocenters. The lowest BCUT2D eigenvalue weighted by Gasteiger charge is -2.12. The quantitative estimate of drug-likeness (QED) is 0.568. The Balaban J connectivity index is 1.71. The summed E-state index contributed by atoms with van der Waals surface area (Å²) in [6, 6.07) is 11.2. The number of amides is 1. The summed E-state index contributed by atoms with van der Waals surface area (Å²) >= 11 is 1.35. The summed E-state index contributed by atoms with van der Waals surface area (Å²) in [5.41, 5.74) is 0.846. The molecule has 3 heterocycles. The van der Waals surface area contributed by atoms with E-state index in [-0.39, 0.29) is 16.8 Å². The molecule has 1 N–H and O–H groups in total. The van der Waals surface area contributed by atoms with Gasteiger partial charge in [-0.3, -0.25) is 14.0 Å². The number of thiazole rings is 1. The zero-order valence-corrected chi connectivity index (χ0v) is 16.4. The fourth-order valence-corrected chi connectivity index (χ4v) is 3.59. The molecule has 8 heteroatoms. The van der Waals surface area contributed by atoms with Crippen molar-refractivity contribution >= 4 is 28.0 Å². The van der Waals surface area contributed by atoms with Gasteiger partial charge in [-0.25, -0.2) is 4.98 Å². The standard InChI is InChI=1S/C20H18N4O3S/c1-20(2,3)15-9-16(23-27-15)22-17(25)13-10-21-19-24(18(13)26)14(11-28-19)12-7-5-4-6-8-12/h4-11H,1-3H3,(H,22,23,25). The summed E-state index contributed by atoms with van der Waals surface area (Å²) in [5.74, 6) is 0.316. The zero-order chi connectivity index (χ0) is 19.9. The smallest absolute Gasteiger partial charge is 0.271 e. The van der Waals surface area contributed by atoms with E-state index in [4.69, 9.17) is 4.52 Å². The van der Waals surface area contributed by atoms with Crippen molar-refractivity contribution in [1.29, 1.82) is 0 Å². The van der Waals surface area contributed by atoms with Crippen LogP contribution in [0.25, 0.3) is 16.2 Å². The second-order valence-electron chi connectivity index (χ2n) is 7.36. The van der Waals surface area contributed by atoms with Gasteiger partial charge in [-0.1, -0.05) is 56.3 Å². The van der Waals surface area contributed by atoms with Crippen molar-refractivity contribution in [3.05, 3.63) is 69.7 Å². The number of carbonyl (C=O) groups is 1. The topological polar surface area (TPSA) is 89.5 Å². The van der Waals surface area contributed by atoms with E-state index in [0.717, 1.165) is 5.56 Å². The van der Waals surface area contributed by atoms with Gasteiger partial charge in [-0.15, -0.1) is 11.3 Å². The third-order valence-electron chi connectivity index (χ3n) is 4.25. The molecule has 0 radical (unpaired) electrons. The van der Waals surface area contributed by atoms with Crippen molar-refractivity contribution < 1.29 is 9.32 Å². The summed E-state index contributed by atoms with van der Waals surface area (Å²) in [6.07, 6.45) is 1.29. The van der Waals surface area contributed by atoms with Crippen LogP contribution < -0.4 is 10.9 Å². The Morgan fingerprint density at radius 3 is 2.64 bits per heavy atom. The average molecular weight is 394 g/mol. The fourth-order valence-electron chi connectivity index (χ4n) is 2.73. The van der Waals surface area contributed by atoms with Gasteiger partial charge in [0.2, 0.25) is 0 Å². The van der Waals surface area contributed by atoms with Crippen LogP contribution in [0.2, 0.25) is 0 Å². The minimum atomic E-state index is -0.578. The predicted octanol–water partition coefficient (Wildman–Crippen LogP) is 3.96. The minimum absolute atomic E-state index is 0.0617. The molecule has 0 aliphatic rings. The molecule has 1 amide bonds. The number of aromatic nitrogens is 3. The van der Waals surface area contributed by atoms with E-state index in [0.29, 0.717) is 16.4 Å². The summed E-state index contributed by atoms with van der Waals surface area (Å²) < 4.78 is 6.73. The van der Waals surface area contributed by atoms with Crippen LogP contribution in [0.4, 0.5) is 5.82 Å². The number of nitrogens with zero attached hydrogens (tertiary/aromatic N) is 3. The number of carbonyl (C=O) groups excluding carboxylic acids is 1. The highest BCUT2D eigenvalue weighted by Crippen LogP contribution is 2.25. The third kappa shape index (κ3) is 3.22. The van der Waals surface area contributed by atoms with E-state index in [9.17, 15) is 9.59 Å². The van der Waals surface area contributed by atoms with Crippen LogP contribution in [0, 0.1) is 0 Å². The van der Waals surface area contributed by atoms with Crippen molar-refractivity contribution in [2.45, 2.75) is 26.2 Å². The molecule has 0 fully saturated rings. The number of benzene rings is 1. The van der Waals surface area contributed by atoms with Crippen molar-refractivity contribution in [2.75, 3.05) is 5.32 Å². The Hall–Kier alpha value is -3.26. The summed E-state index contributed by atoms with van der Waals surface area (Å²) in [5, 5.41) is 8.33. The van der Waals surface area contributed by atoms with E-state index in [1.54, 1.807) is 6.07 Å². The highest BCUT2D eigenvalue weighted by Gasteiger charge is 2.22. The molecular formula is C20H18N4O3S. The third-order valence-corrected chi connectivity index (χ3v) is 5.09. The van der Waals surface area contributed by atoms with E-state index < -0.39 is 11.5 Å². The number of hydrogen-bond acceptors (Lipinski definition) is 6. The van der Waals surface area contributed by atoms with Crippen LogP contribution in [0.5, 0.6) is 0 Å². The van der Waals surface area contributed by atoms with Crippen molar-refractivity contribution in [3.63, 3.8) is 0 Å². The number of fused-ring (bicyclic) bond motifs is 1. The molecule has 7 nitrogen and oxygen atoms in total. The van der Waals surface area contributed by atoms with Gasteiger partial charge in [0, 0.05) is 23.1 Å². The first-order valence-corrected chi connectivity index (χ1v) is 9.56. The summed E-state index contributed by atoms with van der Waals surface area (Å²) in [4.78, 5) is 30.5. The Morgan fingerprint density at radius 1 is 1.21 bits per heavy atom. The molecule has 0 aliphatic heterocycles. The van der Waals surface area contributed by atoms with E-state index in [2.05, 4.69) is 15.5 Å². The summed E-state index contributed by atoms with van der Waals surface area (Å²) in [7, 11) is 0. The van der Waals surface area contributed by atoms with Gasteiger partial charge in [0.15, 0.2) is 10.8 Å². The minimum Gasteiger partial charge on any atom is -0.359 e. The molecule has 4 rings (SSSR count). The van der Waals surface area contributed by atoms with E-state index >= 15 is 0 Å². The van der Waals surface area contributed by atoms with Crippen LogP contribution in [0.1, 0.15) is 36.9 Å². The number of anilines is 1. The van der Waals surface area contributed by atoms with E-state index in [1.165, 1.54) is 21.9 Å². The first-order chi connectivity index (χ1) is 13.3. The fraction of sp³-hybridized carbons (Fsp3) is 0.200. The molecule has 0 saturated carbocycles. The van der Waals surface area contributed by atoms with Crippen LogP contribution in [-0.4, -0.2) is 20.4 Å². The van der Waals surface area contributed by atoms with Gasteiger partial charge in [0.1, 0.15) is 11.3 Å². The molecule has 142 valence electrons. The van der Waals surface area contributed by atoms with Crippen molar-refractivity contribution in [2.24, 2.45) is 0 Å². The van der Waals surface area contributed by atoms with Gasteiger partial charge in [0.25, 0.3) is 11.5 Å². The van der Waals surface area contributed by atoms with Gasteiger partial charge < -0.3 is 9.84 Å². The lowest BCUT2D eigenvalue weighted by molar-refractivity contribution is 0.102. The van der Waals surface area contributed by atoms with Crippen molar-refractivity contribution in [3.8, 4) is 11.3 Å². The maximum absolute atomic E-state index is 13.0. The Labute approximate surface area is 164 Å². The van der Waals surface area contributed by atoms with Crippen LogP contribution in [-0.2, 0) is 5.41 Å². The molecule has 28 heavy (non-hydrogen) atoms. The number of hydrogen-bond donors (Lipinski definition) is 1. The maximum Gasteiger partial charge on any atom is 0.271 e. The molecule has 3 aromatic heterocycles. The lowest BCUT2D eigenvalue weighted by Crippen LogP contribution is -2.26. The molecule has 0 bridgehead atoms. The van der Waals surface area contributed by atoms with Gasteiger partial charge in [0.05, 0.1) is 5.69 Å². The van der Waals surface area contributed by atoms with Crippen LogP contribution in [0.3, 0.4) is 0 Å². The van der Waals surface area contributed by atoms with Gasteiger partial charge >= 0.3 is 0 Å². The lowest BCUT2D eigenvalue weighted by atomic mass is 9.93. The molecular weight excluding hydrogens is 376 g/mol. The van der Waals surface area contributed by atoms with Gasteiger partial charge in [-0.2, -0.15) is 0 Å². The Kier molecular flexibility index (Phi) is 4.35. The number of nitrogens with one attached hydrogen (secondary N) is 1. The molecule has 4 aromatic rings. The molecule has 0 unspecified atom stereocenters. The largest absolute Gasteiger partial charge is 0.359 e. The van der Waals surface area contributed by atoms with E-state index in [1.807, 2.05) is 56.5 Å². The molecule has 0 aliphatic carbocycles. The van der Waals surface area contributed by atoms with Gasteiger partial charge in [-0.05, 0) is 5.56 Å². The first kappa shape index (κ1) is 18.1. The second kappa shape index (κ2) is 6.72. The molecule has 0 saturated heterocycles. The zero-order valence-electron chi connectivity index (χ0n) is 15.6. The Morgan fingerprint density at radius 2 is 1.96 bits per heavy atom. The predicted molar refractivity (Wildman–Crippen MR) is 108 cm³/mol. The monoisotopic (exact) mass is 394 g/mol. The second-order valence-corrected chi connectivity index (χ2v) is 8.20. The highest BCUT2D eigenvalue weighted by atomic mass is 32.1. The average Bonchev–Trinajstić information content (AvgIpc) is 3.30. The molecule has 0 spiro atoms.